The molecule has 3 heteroatoms. The Bertz CT molecular complexity index is 219. The third-order valence-electron chi connectivity index (χ3n) is 3.86. The second-order valence-electron chi connectivity index (χ2n) is 5.94. The van der Waals surface area contributed by atoms with Crippen molar-refractivity contribution in [3.8, 4) is 0 Å². The number of hydrogen-bond acceptors (Lipinski definition) is 3. The number of ether oxygens (including phenoxy) is 2. The molecule has 1 aliphatic carbocycles. The van der Waals surface area contributed by atoms with Gasteiger partial charge in [-0.1, -0.05) is 34.1 Å². The molecule has 0 aromatic heterocycles. The average molecular weight is 257 g/mol. The third kappa shape index (κ3) is 4.87. The van der Waals surface area contributed by atoms with Gasteiger partial charge in [-0.2, -0.15) is 0 Å². The van der Waals surface area contributed by atoms with E-state index in [0.29, 0.717) is 17.6 Å². The standard InChI is InChI=1S/C15H31NO2/c1-5-10-17-11-12-18-13-8-7-9-15(3,4)14(13)16-6-2/h13-14,16H,5-12H2,1-4H3. The van der Waals surface area contributed by atoms with Crippen LogP contribution >= 0.6 is 0 Å². The largest absolute Gasteiger partial charge is 0.379 e. The summed E-state index contributed by atoms with van der Waals surface area (Å²) in [6.07, 6.45) is 5.16. The van der Waals surface area contributed by atoms with Crippen LogP contribution in [0.1, 0.15) is 53.4 Å². The zero-order valence-corrected chi connectivity index (χ0v) is 12.6. The van der Waals surface area contributed by atoms with E-state index < -0.39 is 0 Å². The molecule has 0 bridgehead atoms. The van der Waals surface area contributed by atoms with E-state index in [1.54, 1.807) is 0 Å². The molecule has 0 aromatic carbocycles. The maximum atomic E-state index is 6.04. The number of rotatable bonds is 8. The van der Waals surface area contributed by atoms with Gasteiger partial charge in [0.1, 0.15) is 0 Å². The molecule has 1 fully saturated rings. The lowest BCUT2D eigenvalue weighted by molar-refractivity contribution is -0.0555. The summed E-state index contributed by atoms with van der Waals surface area (Å²) in [7, 11) is 0. The summed E-state index contributed by atoms with van der Waals surface area (Å²) in [6, 6.07) is 0.474. The van der Waals surface area contributed by atoms with Crippen LogP contribution in [-0.4, -0.2) is 38.5 Å². The molecule has 1 N–H and O–H groups in total. The van der Waals surface area contributed by atoms with E-state index in [1.165, 1.54) is 19.3 Å². The zero-order valence-electron chi connectivity index (χ0n) is 12.6. The van der Waals surface area contributed by atoms with Gasteiger partial charge in [-0.3, -0.25) is 0 Å². The van der Waals surface area contributed by atoms with Crippen LogP contribution < -0.4 is 5.32 Å². The molecule has 0 spiro atoms. The second kappa shape index (κ2) is 8.13. The monoisotopic (exact) mass is 257 g/mol. The minimum absolute atomic E-state index is 0.337. The maximum Gasteiger partial charge on any atom is 0.0734 e. The minimum Gasteiger partial charge on any atom is -0.379 e. The van der Waals surface area contributed by atoms with Crippen molar-refractivity contribution in [1.82, 2.24) is 5.32 Å². The van der Waals surface area contributed by atoms with Gasteiger partial charge in [-0.15, -0.1) is 0 Å². The van der Waals surface area contributed by atoms with E-state index in [-0.39, 0.29) is 0 Å². The van der Waals surface area contributed by atoms with Crippen molar-refractivity contribution in [2.75, 3.05) is 26.4 Å². The molecule has 0 amide bonds. The van der Waals surface area contributed by atoms with Crippen molar-refractivity contribution >= 4 is 0 Å². The van der Waals surface area contributed by atoms with Crippen LogP contribution in [0.2, 0.25) is 0 Å². The Morgan fingerprint density at radius 1 is 1.17 bits per heavy atom. The van der Waals surface area contributed by atoms with Crippen molar-refractivity contribution in [3.63, 3.8) is 0 Å². The van der Waals surface area contributed by atoms with E-state index in [2.05, 4.69) is 33.0 Å². The lowest BCUT2D eigenvalue weighted by atomic mass is 9.71. The zero-order chi connectivity index (χ0) is 13.4. The van der Waals surface area contributed by atoms with Gasteiger partial charge < -0.3 is 14.8 Å². The van der Waals surface area contributed by atoms with Crippen molar-refractivity contribution in [3.05, 3.63) is 0 Å². The summed E-state index contributed by atoms with van der Waals surface area (Å²) >= 11 is 0. The highest BCUT2D eigenvalue weighted by Gasteiger charge is 2.38. The highest BCUT2D eigenvalue weighted by atomic mass is 16.5. The van der Waals surface area contributed by atoms with E-state index in [9.17, 15) is 0 Å². The van der Waals surface area contributed by atoms with Gasteiger partial charge in [-0.25, -0.2) is 0 Å². The summed E-state index contributed by atoms with van der Waals surface area (Å²) in [4.78, 5) is 0. The molecular weight excluding hydrogens is 226 g/mol. The molecule has 1 aliphatic rings. The molecule has 1 rings (SSSR count). The summed E-state index contributed by atoms with van der Waals surface area (Å²) in [5, 5.41) is 3.61. The Hall–Kier alpha value is -0.120. The number of nitrogens with one attached hydrogen (secondary N) is 1. The van der Waals surface area contributed by atoms with Crippen LogP contribution in [-0.2, 0) is 9.47 Å². The highest BCUT2D eigenvalue weighted by molar-refractivity contribution is 4.94. The molecule has 3 nitrogen and oxygen atoms in total. The molecule has 1 saturated carbocycles. The normalized spacial score (nSPS) is 27.3. The summed E-state index contributed by atoms with van der Waals surface area (Å²) < 4.78 is 11.5. The Balaban J connectivity index is 2.36. The predicted octanol–water partition coefficient (Wildman–Crippen LogP) is 2.99. The van der Waals surface area contributed by atoms with Crippen LogP contribution in [0.15, 0.2) is 0 Å². The van der Waals surface area contributed by atoms with Crippen LogP contribution in [0, 0.1) is 5.41 Å². The molecule has 0 aromatic rings. The summed E-state index contributed by atoms with van der Waals surface area (Å²) in [5.41, 5.74) is 0.337. The van der Waals surface area contributed by atoms with Crippen LogP contribution in [0.4, 0.5) is 0 Å². The van der Waals surface area contributed by atoms with Gasteiger partial charge in [-0.05, 0) is 31.2 Å². The Morgan fingerprint density at radius 2 is 1.94 bits per heavy atom. The Morgan fingerprint density at radius 3 is 2.61 bits per heavy atom. The van der Waals surface area contributed by atoms with E-state index in [4.69, 9.17) is 9.47 Å². The van der Waals surface area contributed by atoms with Crippen molar-refractivity contribution in [1.29, 1.82) is 0 Å². The van der Waals surface area contributed by atoms with Crippen molar-refractivity contribution in [2.45, 2.75) is 65.5 Å². The van der Waals surface area contributed by atoms with Gasteiger partial charge >= 0.3 is 0 Å². The Labute approximate surface area is 113 Å². The minimum atomic E-state index is 0.337. The van der Waals surface area contributed by atoms with E-state index >= 15 is 0 Å². The van der Waals surface area contributed by atoms with Gasteiger partial charge in [0.25, 0.3) is 0 Å². The van der Waals surface area contributed by atoms with E-state index in [1.807, 2.05) is 0 Å². The van der Waals surface area contributed by atoms with Gasteiger partial charge in [0.15, 0.2) is 0 Å². The number of hydrogen-bond donors (Lipinski definition) is 1. The first-order chi connectivity index (χ1) is 8.61. The SMILES string of the molecule is CCCOCCOC1CCCC(C)(C)C1NCC. The average Bonchev–Trinajstić information content (AvgIpc) is 2.32. The first-order valence-corrected chi connectivity index (χ1v) is 7.54. The first kappa shape index (κ1) is 15.9. The molecule has 0 aliphatic heterocycles. The fraction of sp³-hybridized carbons (Fsp3) is 1.00. The molecule has 18 heavy (non-hydrogen) atoms. The van der Waals surface area contributed by atoms with Gasteiger partial charge in [0, 0.05) is 12.6 Å². The second-order valence-corrected chi connectivity index (χ2v) is 5.94. The smallest absolute Gasteiger partial charge is 0.0734 e. The fourth-order valence-electron chi connectivity index (χ4n) is 2.90. The molecule has 2 unspecified atom stereocenters. The fourth-order valence-corrected chi connectivity index (χ4v) is 2.90. The first-order valence-electron chi connectivity index (χ1n) is 7.54. The van der Waals surface area contributed by atoms with Crippen molar-refractivity contribution in [2.24, 2.45) is 5.41 Å². The summed E-state index contributed by atoms with van der Waals surface area (Å²) in [6.45, 7) is 12.3. The van der Waals surface area contributed by atoms with Crippen LogP contribution in [0.5, 0.6) is 0 Å². The Kier molecular flexibility index (Phi) is 7.20. The molecule has 108 valence electrons. The topological polar surface area (TPSA) is 30.5 Å². The van der Waals surface area contributed by atoms with Gasteiger partial charge in [0.05, 0.1) is 19.3 Å². The number of likely N-dealkylation sites (N-methyl/N-ethyl adjacent to an activating group) is 1. The molecule has 0 radical (unpaired) electrons. The third-order valence-corrected chi connectivity index (χ3v) is 3.86. The molecule has 0 heterocycles. The van der Waals surface area contributed by atoms with Crippen molar-refractivity contribution < 1.29 is 9.47 Å². The molecular formula is C15H31NO2. The summed E-state index contributed by atoms with van der Waals surface area (Å²) in [5.74, 6) is 0. The van der Waals surface area contributed by atoms with Crippen LogP contribution in [0.25, 0.3) is 0 Å². The highest BCUT2D eigenvalue weighted by Crippen LogP contribution is 2.36. The van der Waals surface area contributed by atoms with E-state index in [0.717, 1.165) is 32.8 Å². The lowest BCUT2D eigenvalue weighted by Gasteiger charge is -2.44. The maximum absolute atomic E-state index is 6.04. The van der Waals surface area contributed by atoms with Crippen LogP contribution in [0.3, 0.4) is 0 Å². The van der Waals surface area contributed by atoms with Gasteiger partial charge in [0.2, 0.25) is 0 Å². The predicted molar refractivity (Wildman–Crippen MR) is 75.9 cm³/mol. The molecule has 2 atom stereocenters. The molecule has 0 saturated heterocycles. The lowest BCUT2D eigenvalue weighted by Crippen LogP contribution is -2.53. The quantitative estimate of drug-likeness (QED) is 0.678.